The Kier molecular flexibility index (Phi) is 6.08. The Bertz CT molecular complexity index is 1250. The lowest BCUT2D eigenvalue weighted by atomic mass is 10.1. The fourth-order valence-corrected chi connectivity index (χ4v) is 3.36. The zero-order valence-corrected chi connectivity index (χ0v) is 17.6. The van der Waals surface area contributed by atoms with Gasteiger partial charge in [-0.3, -0.25) is 4.79 Å². The highest BCUT2D eigenvalue weighted by molar-refractivity contribution is 6.28. The van der Waals surface area contributed by atoms with Crippen molar-refractivity contribution in [3.05, 3.63) is 95.2 Å². The van der Waals surface area contributed by atoms with Crippen molar-refractivity contribution in [3.8, 4) is 11.5 Å². The summed E-state index contributed by atoms with van der Waals surface area (Å²) in [5.74, 6) is -0.585. The molecule has 1 aliphatic rings. The first-order valence-corrected chi connectivity index (χ1v) is 10.0. The van der Waals surface area contributed by atoms with Gasteiger partial charge in [0.2, 0.25) is 0 Å². The molecule has 0 spiro atoms. The molecular formula is C25H20N2O6. The predicted octanol–water partition coefficient (Wildman–Crippen LogP) is 4.07. The highest BCUT2D eigenvalue weighted by Gasteiger charge is 2.34. The third-order valence-corrected chi connectivity index (χ3v) is 4.96. The Morgan fingerprint density at radius 1 is 1.00 bits per heavy atom. The lowest BCUT2D eigenvalue weighted by Crippen LogP contribution is -2.30. The van der Waals surface area contributed by atoms with Crippen LogP contribution in [0.4, 0.5) is 10.5 Å². The molecule has 3 aromatic carbocycles. The molecule has 33 heavy (non-hydrogen) atoms. The predicted molar refractivity (Wildman–Crippen MR) is 121 cm³/mol. The summed E-state index contributed by atoms with van der Waals surface area (Å²) in [5, 5.41) is 11.7. The molecule has 4 rings (SSSR count). The van der Waals surface area contributed by atoms with Crippen molar-refractivity contribution in [1.82, 2.24) is 5.32 Å². The number of carbonyl (C=O) groups excluding carboxylic acids is 2. The van der Waals surface area contributed by atoms with E-state index in [1.54, 1.807) is 72.8 Å². The third kappa shape index (κ3) is 4.69. The molecule has 1 fully saturated rings. The number of imide groups is 1. The fraction of sp³-hybridized carbons (Fsp3) is 0.0800. The normalized spacial score (nSPS) is 14.3. The molecular weight excluding hydrogens is 424 g/mol. The highest BCUT2D eigenvalue weighted by atomic mass is 16.5. The van der Waals surface area contributed by atoms with Crippen LogP contribution < -0.4 is 19.7 Å². The molecule has 2 N–H and O–H groups in total. The SMILES string of the molecule is COc1cc(C=C2NC(=O)N(c3ccccc3)C2=O)ccc1OCc1cccc(C(=O)O)c1. The van der Waals surface area contributed by atoms with Crippen molar-refractivity contribution in [3.63, 3.8) is 0 Å². The van der Waals surface area contributed by atoms with Gasteiger partial charge in [-0.05, 0) is 53.6 Å². The van der Waals surface area contributed by atoms with Gasteiger partial charge in [0.1, 0.15) is 12.3 Å². The highest BCUT2D eigenvalue weighted by Crippen LogP contribution is 2.30. The van der Waals surface area contributed by atoms with E-state index in [1.165, 1.54) is 13.2 Å². The van der Waals surface area contributed by atoms with E-state index in [0.29, 0.717) is 28.3 Å². The molecule has 3 aromatic rings. The summed E-state index contributed by atoms with van der Waals surface area (Å²) in [6.07, 6.45) is 1.56. The van der Waals surface area contributed by atoms with Gasteiger partial charge in [0.25, 0.3) is 5.91 Å². The monoisotopic (exact) mass is 444 g/mol. The van der Waals surface area contributed by atoms with Gasteiger partial charge in [-0.25, -0.2) is 14.5 Å². The largest absolute Gasteiger partial charge is 0.493 e. The van der Waals surface area contributed by atoms with Crippen LogP contribution in [0.15, 0.2) is 78.5 Å². The van der Waals surface area contributed by atoms with E-state index in [2.05, 4.69) is 5.32 Å². The number of carbonyl (C=O) groups is 3. The van der Waals surface area contributed by atoms with Gasteiger partial charge in [-0.1, -0.05) is 36.4 Å². The molecule has 0 radical (unpaired) electrons. The molecule has 0 atom stereocenters. The Morgan fingerprint density at radius 2 is 1.79 bits per heavy atom. The van der Waals surface area contributed by atoms with Crippen LogP contribution in [-0.4, -0.2) is 30.1 Å². The van der Waals surface area contributed by atoms with Gasteiger partial charge in [-0.15, -0.1) is 0 Å². The summed E-state index contributed by atoms with van der Waals surface area (Å²) < 4.78 is 11.2. The number of nitrogens with zero attached hydrogens (tertiary/aromatic N) is 1. The molecule has 0 aliphatic carbocycles. The van der Waals surface area contributed by atoms with Crippen LogP contribution in [0.2, 0.25) is 0 Å². The zero-order valence-electron chi connectivity index (χ0n) is 17.6. The summed E-state index contributed by atoms with van der Waals surface area (Å²) in [6.45, 7) is 0.151. The van der Waals surface area contributed by atoms with Gasteiger partial charge in [0.05, 0.1) is 18.4 Å². The van der Waals surface area contributed by atoms with Crippen LogP contribution in [0.25, 0.3) is 6.08 Å². The molecule has 0 bridgehead atoms. The minimum absolute atomic E-state index is 0.144. The first-order valence-electron chi connectivity index (χ1n) is 10.0. The number of hydrogen-bond donors (Lipinski definition) is 2. The second-order valence-electron chi connectivity index (χ2n) is 7.17. The summed E-state index contributed by atoms with van der Waals surface area (Å²) in [4.78, 5) is 37.3. The molecule has 1 heterocycles. The molecule has 166 valence electrons. The molecule has 1 saturated heterocycles. The van der Waals surface area contributed by atoms with E-state index in [4.69, 9.17) is 14.6 Å². The number of benzene rings is 3. The van der Waals surface area contributed by atoms with E-state index >= 15 is 0 Å². The van der Waals surface area contributed by atoms with Crippen molar-refractivity contribution < 1.29 is 29.0 Å². The molecule has 8 heteroatoms. The molecule has 0 aromatic heterocycles. The fourth-order valence-electron chi connectivity index (χ4n) is 3.36. The van der Waals surface area contributed by atoms with Crippen molar-refractivity contribution >= 4 is 29.7 Å². The van der Waals surface area contributed by atoms with Crippen LogP contribution in [0.3, 0.4) is 0 Å². The van der Waals surface area contributed by atoms with Crippen LogP contribution in [-0.2, 0) is 11.4 Å². The van der Waals surface area contributed by atoms with Crippen molar-refractivity contribution in [2.24, 2.45) is 0 Å². The van der Waals surface area contributed by atoms with Crippen molar-refractivity contribution in [2.45, 2.75) is 6.61 Å². The number of carboxylic acids is 1. The third-order valence-electron chi connectivity index (χ3n) is 4.96. The van der Waals surface area contributed by atoms with Crippen LogP contribution in [0.5, 0.6) is 11.5 Å². The van der Waals surface area contributed by atoms with Gasteiger partial charge < -0.3 is 19.9 Å². The average Bonchev–Trinajstić information content (AvgIpc) is 3.11. The molecule has 1 aliphatic heterocycles. The molecule has 0 unspecified atom stereocenters. The average molecular weight is 444 g/mol. The van der Waals surface area contributed by atoms with Crippen LogP contribution in [0.1, 0.15) is 21.5 Å². The van der Waals surface area contributed by atoms with Crippen LogP contribution >= 0.6 is 0 Å². The number of amides is 3. The second kappa shape index (κ2) is 9.27. The van der Waals surface area contributed by atoms with Gasteiger partial charge in [-0.2, -0.15) is 0 Å². The number of nitrogens with one attached hydrogen (secondary N) is 1. The number of para-hydroxylation sites is 1. The minimum atomic E-state index is -1.01. The first-order chi connectivity index (χ1) is 16.0. The van der Waals surface area contributed by atoms with Gasteiger partial charge in [0, 0.05) is 0 Å². The lowest BCUT2D eigenvalue weighted by molar-refractivity contribution is -0.113. The number of rotatable bonds is 7. The molecule has 0 saturated carbocycles. The van der Waals surface area contributed by atoms with Crippen molar-refractivity contribution in [2.75, 3.05) is 12.0 Å². The number of anilines is 1. The Hall–Kier alpha value is -4.59. The number of carboxylic acid groups (broad SMARTS) is 1. The summed E-state index contributed by atoms with van der Waals surface area (Å²) in [6, 6.07) is 19.7. The van der Waals surface area contributed by atoms with E-state index in [9.17, 15) is 14.4 Å². The van der Waals surface area contributed by atoms with E-state index in [0.717, 1.165) is 4.90 Å². The standard InChI is InChI=1S/C25H20N2O6/c1-32-22-14-16(10-11-21(22)33-15-17-6-5-7-18(12-17)24(29)30)13-20-23(28)27(25(31)26-20)19-8-3-2-4-9-19/h2-14H,15H2,1H3,(H,26,31)(H,29,30). The summed E-state index contributed by atoms with van der Waals surface area (Å²) >= 11 is 0. The van der Waals surface area contributed by atoms with Gasteiger partial charge >= 0.3 is 12.0 Å². The molecule has 3 amide bonds. The quantitative estimate of drug-likeness (QED) is 0.420. The number of urea groups is 1. The second-order valence-corrected chi connectivity index (χ2v) is 7.17. The number of hydrogen-bond acceptors (Lipinski definition) is 5. The van der Waals surface area contributed by atoms with E-state index in [1.807, 2.05) is 0 Å². The lowest BCUT2D eigenvalue weighted by Gasteiger charge is -2.12. The van der Waals surface area contributed by atoms with E-state index in [-0.39, 0.29) is 17.9 Å². The smallest absolute Gasteiger partial charge is 0.335 e. The van der Waals surface area contributed by atoms with E-state index < -0.39 is 17.9 Å². The Labute approximate surface area is 189 Å². The Balaban J connectivity index is 1.52. The van der Waals surface area contributed by atoms with Crippen molar-refractivity contribution in [1.29, 1.82) is 0 Å². The number of methoxy groups -OCH3 is 1. The first kappa shape index (κ1) is 21.6. The summed E-state index contributed by atoms with van der Waals surface area (Å²) in [7, 11) is 1.49. The maximum absolute atomic E-state index is 12.8. The summed E-state index contributed by atoms with van der Waals surface area (Å²) in [5.41, 5.74) is 2.13. The van der Waals surface area contributed by atoms with Crippen LogP contribution in [0, 0.1) is 0 Å². The maximum Gasteiger partial charge on any atom is 0.335 e. The topological polar surface area (TPSA) is 105 Å². The number of aromatic carboxylic acids is 1. The molecule has 8 nitrogen and oxygen atoms in total. The van der Waals surface area contributed by atoms with Gasteiger partial charge in [0.15, 0.2) is 11.5 Å². The minimum Gasteiger partial charge on any atom is -0.493 e. The number of ether oxygens (including phenoxy) is 2. The maximum atomic E-state index is 12.8. The zero-order chi connectivity index (χ0) is 23.4. The Morgan fingerprint density at radius 3 is 2.52 bits per heavy atom.